The molecule has 1 amide bonds. The van der Waals surface area contributed by atoms with Crippen molar-refractivity contribution in [3.8, 4) is 0 Å². The molecule has 1 heterocycles. The van der Waals surface area contributed by atoms with E-state index in [0.29, 0.717) is 0 Å². The van der Waals surface area contributed by atoms with Gasteiger partial charge in [-0.15, -0.1) is 0 Å². The van der Waals surface area contributed by atoms with Gasteiger partial charge >= 0.3 is 0 Å². The van der Waals surface area contributed by atoms with E-state index in [2.05, 4.69) is 61.0 Å². The largest absolute Gasteiger partial charge is 0.352 e. The van der Waals surface area contributed by atoms with E-state index in [1.165, 1.54) is 22.3 Å². The zero-order chi connectivity index (χ0) is 17.8. The maximum absolute atomic E-state index is 12.3. The summed E-state index contributed by atoms with van der Waals surface area (Å²) in [6.45, 7) is 8.00. The van der Waals surface area contributed by atoms with Crippen LogP contribution in [0.2, 0.25) is 0 Å². The Kier molecular flexibility index (Phi) is 5.22. The lowest BCUT2D eigenvalue weighted by atomic mass is 10.1. The summed E-state index contributed by atoms with van der Waals surface area (Å²) >= 11 is 0. The zero-order valence-electron chi connectivity index (χ0n) is 15.3. The van der Waals surface area contributed by atoms with E-state index < -0.39 is 0 Å². The van der Waals surface area contributed by atoms with E-state index in [1.54, 1.807) is 0 Å². The van der Waals surface area contributed by atoms with Gasteiger partial charge in [0.2, 0.25) is 0 Å². The second-order valence-corrected chi connectivity index (χ2v) is 6.62. The molecule has 3 rings (SSSR count). The molecule has 130 valence electrons. The summed E-state index contributed by atoms with van der Waals surface area (Å²) in [5.74, 6) is 0.0169. The van der Waals surface area contributed by atoms with Crippen molar-refractivity contribution >= 4 is 16.8 Å². The van der Waals surface area contributed by atoms with E-state index >= 15 is 0 Å². The number of aromatic nitrogens is 1. The number of aryl methyl sites for hydroxylation is 1. The van der Waals surface area contributed by atoms with Crippen LogP contribution in [0, 0.1) is 13.8 Å². The molecule has 0 atom stereocenters. The van der Waals surface area contributed by atoms with Crippen LogP contribution < -0.4 is 5.32 Å². The van der Waals surface area contributed by atoms with Gasteiger partial charge in [-0.25, -0.2) is 0 Å². The molecule has 0 spiro atoms. The van der Waals surface area contributed by atoms with Gasteiger partial charge in [-0.05, 0) is 49.6 Å². The van der Waals surface area contributed by atoms with Gasteiger partial charge < -0.3 is 9.88 Å². The van der Waals surface area contributed by atoms with Crippen molar-refractivity contribution in [2.24, 2.45) is 0 Å². The summed E-state index contributed by atoms with van der Waals surface area (Å²) in [6, 6.07) is 16.5. The number of nitrogens with zero attached hydrogens (tertiary/aromatic N) is 1. The molecule has 0 aliphatic carbocycles. The van der Waals surface area contributed by atoms with Crippen molar-refractivity contribution in [3.63, 3.8) is 0 Å². The maximum atomic E-state index is 12.3. The summed E-state index contributed by atoms with van der Waals surface area (Å²) in [4.78, 5) is 12.3. The van der Waals surface area contributed by atoms with Gasteiger partial charge in [-0.1, -0.05) is 43.7 Å². The Morgan fingerprint density at radius 3 is 2.56 bits per heavy atom. The van der Waals surface area contributed by atoms with Crippen molar-refractivity contribution in [3.05, 3.63) is 70.9 Å². The fourth-order valence-corrected chi connectivity index (χ4v) is 3.24. The highest BCUT2D eigenvalue weighted by molar-refractivity contribution is 5.99. The predicted molar refractivity (Wildman–Crippen MR) is 104 cm³/mol. The molecule has 25 heavy (non-hydrogen) atoms. The molecule has 0 fully saturated rings. The number of benzene rings is 2. The first-order valence-electron chi connectivity index (χ1n) is 9.03. The fourth-order valence-electron chi connectivity index (χ4n) is 3.24. The van der Waals surface area contributed by atoms with Crippen LogP contribution in [0.5, 0.6) is 0 Å². The van der Waals surface area contributed by atoms with Crippen LogP contribution in [-0.4, -0.2) is 17.0 Å². The normalized spacial score (nSPS) is 11.0. The van der Waals surface area contributed by atoms with Crippen molar-refractivity contribution < 1.29 is 4.79 Å². The second kappa shape index (κ2) is 7.56. The smallest absolute Gasteiger partial charge is 0.251 e. The summed E-state index contributed by atoms with van der Waals surface area (Å²) in [5.41, 5.74) is 5.70. The minimum Gasteiger partial charge on any atom is -0.352 e. The number of nitrogens with one attached hydrogen (secondary N) is 1. The molecule has 0 aliphatic heterocycles. The zero-order valence-corrected chi connectivity index (χ0v) is 15.3. The van der Waals surface area contributed by atoms with Crippen molar-refractivity contribution in [1.82, 2.24) is 9.88 Å². The number of fused-ring (bicyclic) bond motifs is 1. The van der Waals surface area contributed by atoms with E-state index in [9.17, 15) is 4.79 Å². The van der Waals surface area contributed by atoms with Crippen LogP contribution in [-0.2, 0) is 6.54 Å². The molecule has 2 aromatic carbocycles. The van der Waals surface area contributed by atoms with Crippen molar-refractivity contribution in [2.75, 3.05) is 6.54 Å². The molecule has 3 aromatic rings. The van der Waals surface area contributed by atoms with Gasteiger partial charge in [0.1, 0.15) is 0 Å². The van der Waals surface area contributed by atoms with Crippen molar-refractivity contribution in [2.45, 2.75) is 40.2 Å². The van der Waals surface area contributed by atoms with Crippen molar-refractivity contribution in [1.29, 1.82) is 0 Å². The van der Waals surface area contributed by atoms with Crippen LogP contribution in [0.3, 0.4) is 0 Å². The van der Waals surface area contributed by atoms with E-state index in [1.807, 2.05) is 18.2 Å². The lowest BCUT2D eigenvalue weighted by Gasteiger charge is -2.09. The van der Waals surface area contributed by atoms with Crippen LogP contribution in [0.4, 0.5) is 0 Å². The third-order valence-corrected chi connectivity index (χ3v) is 4.90. The molecular formula is C22H26N2O. The first kappa shape index (κ1) is 17.3. The lowest BCUT2D eigenvalue weighted by Crippen LogP contribution is -2.24. The van der Waals surface area contributed by atoms with Gasteiger partial charge in [0.25, 0.3) is 5.91 Å². The third-order valence-electron chi connectivity index (χ3n) is 4.90. The molecule has 3 heteroatoms. The average molecular weight is 334 g/mol. The fraction of sp³-hybridized carbons (Fsp3) is 0.318. The first-order chi connectivity index (χ1) is 12.1. The lowest BCUT2D eigenvalue weighted by molar-refractivity contribution is 0.0953. The standard InChI is InChI=1S/C22H26N2O/c1-4-5-13-23-22(25)19-11-12-21-20(14-19)16(2)17(3)24(21)15-18-9-7-6-8-10-18/h6-12,14H,4-5,13,15H2,1-3H3,(H,23,25). The number of carbonyl (C=O) groups excluding carboxylic acids is 1. The maximum Gasteiger partial charge on any atom is 0.251 e. The Morgan fingerprint density at radius 1 is 1.08 bits per heavy atom. The first-order valence-corrected chi connectivity index (χ1v) is 9.03. The van der Waals surface area contributed by atoms with Crippen LogP contribution in [0.15, 0.2) is 48.5 Å². The summed E-state index contributed by atoms with van der Waals surface area (Å²) in [5, 5.41) is 4.16. The summed E-state index contributed by atoms with van der Waals surface area (Å²) in [6.07, 6.45) is 2.10. The highest BCUT2D eigenvalue weighted by atomic mass is 16.1. The Morgan fingerprint density at radius 2 is 1.84 bits per heavy atom. The monoisotopic (exact) mass is 334 g/mol. The Hall–Kier alpha value is -2.55. The quantitative estimate of drug-likeness (QED) is 0.643. The molecule has 0 aliphatic rings. The van der Waals surface area contributed by atoms with Gasteiger partial charge in [0.05, 0.1) is 0 Å². The van der Waals surface area contributed by atoms with Gasteiger partial charge in [-0.3, -0.25) is 4.79 Å². The molecular weight excluding hydrogens is 308 g/mol. The van der Waals surface area contributed by atoms with Gasteiger partial charge in [0, 0.05) is 35.2 Å². The Bertz CT molecular complexity index is 878. The average Bonchev–Trinajstić information content (AvgIpc) is 2.87. The minimum atomic E-state index is 0.0169. The number of unbranched alkanes of at least 4 members (excludes halogenated alkanes) is 1. The molecule has 0 saturated heterocycles. The number of hydrogen-bond donors (Lipinski definition) is 1. The summed E-state index contributed by atoms with van der Waals surface area (Å²) < 4.78 is 2.33. The number of rotatable bonds is 6. The van der Waals surface area contributed by atoms with Gasteiger partial charge in [0.15, 0.2) is 0 Å². The third kappa shape index (κ3) is 3.60. The number of carbonyl (C=O) groups is 1. The minimum absolute atomic E-state index is 0.0169. The second-order valence-electron chi connectivity index (χ2n) is 6.62. The number of amides is 1. The molecule has 1 N–H and O–H groups in total. The van der Waals surface area contributed by atoms with Gasteiger partial charge in [-0.2, -0.15) is 0 Å². The topological polar surface area (TPSA) is 34.0 Å². The van der Waals surface area contributed by atoms with Crippen LogP contribution in [0.1, 0.15) is 46.9 Å². The molecule has 0 bridgehead atoms. The highest BCUT2D eigenvalue weighted by Crippen LogP contribution is 2.27. The molecule has 0 unspecified atom stereocenters. The predicted octanol–water partition coefficient (Wildman–Crippen LogP) is 4.84. The van der Waals surface area contributed by atoms with E-state index in [4.69, 9.17) is 0 Å². The molecule has 0 radical (unpaired) electrons. The SMILES string of the molecule is CCCCNC(=O)c1ccc2c(c1)c(C)c(C)n2Cc1ccccc1. The van der Waals surface area contributed by atoms with Crippen LogP contribution in [0.25, 0.3) is 10.9 Å². The molecule has 1 aromatic heterocycles. The molecule has 3 nitrogen and oxygen atoms in total. The molecule has 0 saturated carbocycles. The van der Waals surface area contributed by atoms with E-state index in [-0.39, 0.29) is 5.91 Å². The Labute approximate surface area is 149 Å². The Balaban J connectivity index is 1.93. The highest BCUT2D eigenvalue weighted by Gasteiger charge is 2.14. The van der Waals surface area contributed by atoms with E-state index in [0.717, 1.165) is 36.9 Å². The summed E-state index contributed by atoms with van der Waals surface area (Å²) in [7, 11) is 0. The van der Waals surface area contributed by atoms with Crippen LogP contribution >= 0.6 is 0 Å². The number of hydrogen-bond acceptors (Lipinski definition) is 1.